The van der Waals surface area contributed by atoms with Crippen LogP contribution in [0.3, 0.4) is 0 Å². The summed E-state index contributed by atoms with van der Waals surface area (Å²) < 4.78 is 5.34. The molecule has 1 heterocycles. The summed E-state index contributed by atoms with van der Waals surface area (Å²) in [6.07, 6.45) is 3.36. The van der Waals surface area contributed by atoms with Gasteiger partial charge >= 0.3 is 0 Å². The van der Waals surface area contributed by atoms with Crippen LogP contribution in [0.15, 0.2) is 0 Å². The normalized spacial score (nSPS) is 34.2. The summed E-state index contributed by atoms with van der Waals surface area (Å²) in [5.41, 5.74) is -0.624. The highest BCUT2D eigenvalue weighted by Gasteiger charge is 2.49. The van der Waals surface area contributed by atoms with Gasteiger partial charge in [-0.1, -0.05) is 13.8 Å². The van der Waals surface area contributed by atoms with E-state index < -0.39 is 5.41 Å². The van der Waals surface area contributed by atoms with E-state index in [1.807, 2.05) is 0 Å². The number of nitriles is 1. The number of nitrogens with zero attached hydrogens (tertiary/aromatic N) is 1. The fraction of sp³-hybridized carbons (Fsp3) is 0.857. The molecular weight excluding hydrogens is 228 g/mol. The van der Waals surface area contributed by atoms with Crippen molar-refractivity contribution in [3.63, 3.8) is 0 Å². The summed E-state index contributed by atoms with van der Waals surface area (Å²) in [7, 11) is 0. The van der Waals surface area contributed by atoms with Crippen LogP contribution in [-0.2, 0) is 9.53 Å². The van der Waals surface area contributed by atoms with Crippen molar-refractivity contribution < 1.29 is 9.53 Å². The average Bonchev–Trinajstić information content (AvgIpc) is 2.33. The number of hydrogen-bond acceptors (Lipinski definition) is 3. The minimum absolute atomic E-state index is 0.0733. The average molecular weight is 250 g/mol. The Labute approximate surface area is 109 Å². The lowest BCUT2D eigenvalue weighted by atomic mass is 9.63. The second-order valence-electron chi connectivity index (χ2n) is 6.31. The fourth-order valence-electron chi connectivity index (χ4n) is 2.96. The molecule has 1 N–H and O–H groups in total. The first-order valence-corrected chi connectivity index (χ1v) is 6.77. The zero-order chi connectivity index (χ0) is 13.2. The minimum atomic E-state index is -0.749. The lowest BCUT2D eigenvalue weighted by molar-refractivity contribution is -0.134. The third kappa shape index (κ3) is 2.51. The Bertz CT molecular complexity index is 360. The molecular formula is C14H22N2O2. The maximum Gasteiger partial charge on any atom is 0.240 e. The summed E-state index contributed by atoms with van der Waals surface area (Å²) in [5, 5.41) is 12.2. The molecule has 0 radical (unpaired) electrons. The van der Waals surface area contributed by atoms with Gasteiger partial charge in [0, 0.05) is 19.8 Å². The first-order valence-electron chi connectivity index (χ1n) is 6.77. The molecule has 0 aromatic heterocycles. The molecule has 2 fully saturated rings. The van der Waals surface area contributed by atoms with Crippen molar-refractivity contribution in [2.45, 2.75) is 39.5 Å². The molecule has 0 unspecified atom stereocenters. The van der Waals surface area contributed by atoms with E-state index in [-0.39, 0.29) is 11.3 Å². The molecule has 0 atom stereocenters. The minimum Gasteiger partial charge on any atom is -0.381 e. The van der Waals surface area contributed by atoms with Gasteiger partial charge in [-0.05, 0) is 37.0 Å². The van der Waals surface area contributed by atoms with E-state index in [1.54, 1.807) is 0 Å². The van der Waals surface area contributed by atoms with E-state index in [0.717, 1.165) is 26.1 Å². The van der Waals surface area contributed by atoms with Crippen molar-refractivity contribution in [3.05, 3.63) is 0 Å². The second kappa shape index (κ2) is 4.89. The van der Waals surface area contributed by atoms with E-state index in [1.165, 1.54) is 0 Å². The molecule has 2 rings (SSSR count). The SMILES string of the molecule is CC1CC(C#N)(C(=O)NCC2(C)CCOCC2)C1. The van der Waals surface area contributed by atoms with Gasteiger partial charge < -0.3 is 10.1 Å². The number of hydrogen-bond donors (Lipinski definition) is 1. The van der Waals surface area contributed by atoms with Gasteiger partial charge in [-0.15, -0.1) is 0 Å². The van der Waals surface area contributed by atoms with Crippen LogP contribution in [-0.4, -0.2) is 25.7 Å². The summed E-state index contributed by atoms with van der Waals surface area (Å²) in [6, 6.07) is 2.21. The standard InChI is InChI=1S/C14H22N2O2/c1-11-7-14(8-11,9-15)12(17)16-10-13(2)3-5-18-6-4-13/h11H,3-8,10H2,1-2H3,(H,16,17). The Kier molecular flexibility index (Phi) is 3.63. The smallest absolute Gasteiger partial charge is 0.240 e. The molecule has 18 heavy (non-hydrogen) atoms. The van der Waals surface area contributed by atoms with Crippen molar-refractivity contribution >= 4 is 5.91 Å². The number of nitrogens with one attached hydrogen (secondary N) is 1. The van der Waals surface area contributed by atoms with Gasteiger partial charge in [-0.2, -0.15) is 5.26 Å². The van der Waals surface area contributed by atoms with E-state index >= 15 is 0 Å². The Morgan fingerprint density at radius 2 is 2.06 bits per heavy atom. The van der Waals surface area contributed by atoms with Gasteiger partial charge in [0.25, 0.3) is 0 Å². The summed E-state index contributed by atoms with van der Waals surface area (Å²) in [6.45, 7) is 6.47. The highest BCUT2D eigenvalue weighted by molar-refractivity contribution is 5.86. The number of ether oxygens (including phenoxy) is 1. The molecule has 0 aromatic carbocycles. The van der Waals surface area contributed by atoms with Gasteiger partial charge in [-0.3, -0.25) is 4.79 Å². The van der Waals surface area contributed by atoms with Crippen molar-refractivity contribution in [1.82, 2.24) is 5.32 Å². The molecule has 4 heteroatoms. The third-order valence-electron chi connectivity index (χ3n) is 4.42. The van der Waals surface area contributed by atoms with Crippen LogP contribution in [0.25, 0.3) is 0 Å². The van der Waals surface area contributed by atoms with Crippen LogP contribution in [0.2, 0.25) is 0 Å². The number of amides is 1. The zero-order valence-electron chi connectivity index (χ0n) is 11.3. The predicted molar refractivity (Wildman–Crippen MR) is 67.6 cm³/mol. The quantitative estimate of drug-likeness (QED) is 0.831. The molecule has 0 aromatic rings. The zero-order valence-corrected chi connectivity index (χ0v) is 11.3. The van der Waals surface area contributed by atoms with Crippen LogP contribution < -0.4 is 5.32 Å². The molecule has 1 saturated carbocycles. The molecule has 1 saturated heterocycles. The van der Waals surface area contributed by atoms with Crippen molar-refractivity contribution in [3.8, 4) is 6.07 Å². The molecule has 1 aliphatic carbocycles. The molecule has 0 bridgehead atoms. The van der Waals surface area contributed by atoms with Crippen molar-refractivity contribution in [2.24, 2.45) is 16.7 Å². The predicted octanol–water partition coefficient (Wildman–Crippen LogP) is 1.86. The highest BCUT2D eigenvalue weighted by Crippen LogP contribution is 2.45. The van der Waals surface area contributed by atoms with Gasteiger partial charge in [0.2, 0.25) is 5.91 Å². The summed E-state index contributed by atoms with van der Waals surface area (Å²) in [5.74, 6) is 0.421. The van der Waals surface area contributed by atoms with Gasteiger partial charge in [0.1, 0.15) is 5.41 Å². The van der Waals surface area contributed by atoms with Gasteiger partial charge in [-0.25, -0.2) is 0 Å². The van der Waals surface area contributed by atoms with Crippen LogP contribution in [0.4, 0.5) is 0 Å². The molecule has 0 spiro atoms. The fourth-order valence-corrected chi connectivity index (χ4v) is 2.96. The van der Waals surface area contributed by atoms with Crippen LogP contribution in [0.1, 0.15) is 39.5 Å². The molecule has 2 aliphatic rings. The monoisotopic (exact) mass is 250 g/mol. The number of rotatable bonds is 3. The first-order chi connectivity index (χ1) is 8.50. The van der Waals surface area contributed by atoms with E-state index in [2.05, 4.69) is 25.2 Å². The number of carbonyl (C=O) groups is 1. The van der Waals surface area contributed by atoms with E-state index in [9.17, 15) is 10.1 Å². The molecule has 4 nitrogen and oxygen atoms in total. The maximum atomic E-state index is 12.1. The first kappa shape index (κ1) is 13.4. The van der Waals surface area contributed by atoms with Crippen LogP contribution in [0, 0.1) is 28.1 Å². The largest absolute Gasteiger partial charge is 0.381 e. The van der Waals surface area contributed by atoms with E-state index in [0.29, 0.717) is 25.3 Å². The van der Waals surface area contributed by atoms with E-state index in [4.69, 9.17) is 4.74 Å². The maximum absolute atomic E-state index is 12.1. The highest BCUT2D eigenvalue weighted by atomic mass is 16.5. The lowest BCUT2D eigenvalue weighted by Gasteiger charge is -2.40. The van der Waals surface area contributed by atoms with Crippen LogP contribution >= 0.6 is 0 Å². The van der Waals surface area contributed by atoms with Gasteiger partial charge in [0.05, 0.1) is 6.07 Å². The Morgan fingerprint density at radius 1 is 1.44 bits per heavy atom. The summed E-state index contributed by atoms with van der Waals surface area (Å²) in [4.78, 5) is 12.1. The molecule has 1 aliphatic heterocycles. The molecule has 1 amide bonds. The Morgan fingerprint density at radius 3 is 2.56 bits per heavy atom. The molecule has 100 valence electrons. The van der Waals surface area contributed by atoms with Crippen molar-refractivity contribution in [2.75, 3.05) is 19.8 Å². The lowest BCUT2D eigenvalue weighted by Crippen LogP contribution is -2.50. The third-order valence-corrected chi connectivity index (χ3v) is 4.42. The Hall–Kier alpha value is -1.08. The van der Waals surface area contributed by atoms with Gasteiger partial charge in [0.15, 0.2) is 0 Å². The topological polar surface area (TPSA) is 62.1 Å². The van der Waals surface area contributed by atoms with Crippen molar-refractivity contribution in [1.29, 1.82) is 5.26 Å². The Balaban J connectivity index is 1.86. The van der Waals surface area contributed by atoms with Crippen LogP contribution in [0.5, 0.6) is 0 Å². The number of carbonyl (C=O) groups excluding carboxylic acids is 1. The summed E-state index contributed by atoms with van der Waals surface area (Å²) >= 11 is 0. The second-order valence-corrected chi connectivity index (χ2v) is 6.31.